The highest BCUT2D eigenvalue weighted by molar-refractivity contribution is 6.65. The van der Waals surface area contributed by atoms with Crippen molar-refractivity contribution in [1.82, 2.24) is 0 Å². The summed E-state index contributed by atoms with van der Waals surface area (Å²) in [5.41, 5.74) is 14.4. The van der Waals surface area contributed by atoms with Crippen molar-refractivity contribution >= 4 is 71.9 Å². The molecule has 380 valence electrons. The van der Waals surface area contributed by atoms with Crippen LogP contribution >= 0.6 is 0 Å². The summed E-state index contributed by atoms with van der Waals surface area (Å²) in [7, 11) is -2.10. The van der Waals surface area contributed by atoms with Crippen molar-refractivity contribution in [3.63, 3.8) is 0 Å². The first-order valence-corrected chi connectivity index (χ1v) is 27.1. The van der Waals surface area contributed by atoms with Crippen LogP contribution in [-0.4, -0.2) is 73.3 Å². The maximum Gasteiger partial charge on any atom is 0.494 e. The Kier molecular flexibility index (Phi) is 9.65. The Balaban J connectivity index is 0.994. The largest absolute Gasteiger partial charge is 0.494 e. The van der Waals surface area contributed by atoms with Crippen molar-refractivity contribution in [1.29, 1.82) is 0 Å². The lowest BCUT2D eigenvalue weighted by atomic mass is 9.59. The minimum absolute atomic E-state index is 0.375. The standard InChI is InChI=1S/C62H72B4O8/c1-53(2)47-29-39-41(45-27-37(65-71-59(13,14)60(15,16)72-65)23-33-21-35(25-43(39)51(33)45)63-67-55(5,6)56(7,8)68-63)31-49(47)54(3,4)50-32-42-40(30-48(50)53)44-26-36(64-69-57(9,10)58(11,12)70-64)22-34-24-38(28-46(42)52(34)44)66-73-61(17,18)62(19,20)74-66/h21-32H,1-20H3. The Hall–Kier alpha value is -4.22. The Bertz CT molecular complexity index is 3020. The van der Waals surface area contributed by atoms with Crippen LogP contribution in [0.5, 0.6) is 0 Å². The fraction of sp³-hybridized carbons (Fsp3) is 0.484. The van der Waals surface area contributed by atoms with Gasteiger partial charge in [0.25, 0.3) is 0 Å². The molecular formula is C62H72B4O8. The third-order valence-corrected chi connectivity index (χ3v) is 20.5. The molecular weight excluding hydrogens is 916 g/mol. The van der Waals surface area contributed by atoms with E-state index in [0.29, 0.717) is 0 Å². The molecule has 0 unspecified atom stereocenters. The fourth-order valence-electron chi connectivity index (χ4n) is 12.9. The van der Waals surface area contributed by atoms with Crippen LogP contribution in [0.4, 0.5) is 0 Å². The van der Waals surface area contributed by atoms with E-state index in [4.69, 9.17) is 37.2 Å². The van der Waals surface area contributed by atoms with Gasteiger partial charge in [-0.1, -0.05) is 76.2 Å². The highest BCUT2D eigenvalue weighted by Crippen LogP contribution is 2.59. The molecule has 13 rings (SSSR count). The van der Waals surface area contributed by atoms with Gasteiger partial charge >= 0.3 is 28.5 Å². The zero-order valence-corrected chi connectivity index (χ0v) is 47.5. The molecule has 6 aromatic rings. The second-order valence-corrected chi connectivity index (χ2v) is 28.0. The third-order valence-electron chi connectivity index (χ3n) is 20.5. The van der Waals surface area contributed by atoms with Crippen molar-refractivity contribution in [2.24, 2.45) is 0 Å². The summed E-state index contributed by atoms with van der Waals surface area (Å²) >= 11 is 0. The summed E-state index contributed by atoms with van der Waals surface area (Å²) in [4.78, 5) is 0. The molecule has 4 fully saturated rings. The van der Waals surface area contributed by atoms with Gasteiger partial charge in [0, 0.05) is 10.8 Å². The molecule has 0 spiro atoms. The maximum absolute atomic E-state index is 6.76. The van der Waals surface area contributed by atoms with Crippen LogP contribution in [0.3, 0.4) is 0 Å². The number of rotatable bonds is 4. The van der Waals surface area contributed by atoms with Gasteiger partial charge < -0.3 is 37.2 Å². The second-order valence-electron chi connectivity index (χ2n) is 28.0. The Morgan fingerprint density at radius 3 is 0.581 bits per heavy atom. The van der Waals surface area contributed by atoms with E-state index in [2.05, 4.69) is 211 Å². The lowest BCUT2D eigenvalue weighted by molar-refractivity contribution is 0.00578. The van der Waals surface area contributed by atoms with E-state index >= 15 is 0 Å². The Morgan fingerprint density at radius 1 is 0.230 bits per heavy atom. The molecule has 6 aromatic carbocycles. The van der Waals surface area contributed by atoms with Gasteiger partial charge in [0.1, 0.15) is 0 Å². The van der Waals surface area contributed by atoms with Gasteiger partial charge in [0.15, 0.2) is 0 Å². The minimum atomic E-state index is -0.525. The molecule has 8 nitrogen and oxygen atoms in total. The van der Waals surface area contributed by atoms with Gasteiger partial charge in [-0.3, -0.25) is 0 Å². The fourth-order valence-corrected chi connectivity index (χ4v) is 12.9. The summed E-state index contributed by atoms with van der Waals surface area (Å²) in [5, 5.41) is 4.70. The second kappa shape index (κ2) is 14.5. The monoisotopic (exact) mass is 989 g/mol. The molecule has 0 radical (unpaired) electrons. The number of hydrogen-bond donors (Lipinski definition) is 0. The topological polar surface area (TPSA) is 73.8 Å². The first-order chi connectivity index (χ1) is 34.0. The van der Waals surface area contributed by atoms with Crippen molar-refractivity contribution in [3.8, 4) is 44.5 Å². The molecule has 4 aliphatic heterocycles. The molecule has 3 aliphatic carbocycles. The predicted octanol–water partition coefficient (Wildman–Crippen LogP) is 11.4. The average Bonchev–Trinajstić information content (AvgIpc) is 4.03. The summed E-state index contributed by atoms with van der Waals surface area (Å²) < 4.78 is 54.1. The molecule has 74 heavy (non-hydrogen) atoms. The highest BCUT2D eigenvalue weighted by atomic mass is 16.7. The zero-order chi connectivity index (χ0) is 53.0. The highest BCUT2D eigenvalue weighted by Gasteiger charge is 2.56. The van der Waals surface area contributed by atoms with E-state index < -0.39 is 73.3 Å². The van der Waals surface area contributed by atoms with E-state index in [0.717, 1.165) is 32.6 Å². The van der Waals surface area contributed by atoms with Crippen LogP contribution in [0, 0.1) is 0 Å². The minimum Gasteiger partial charge on any atom is -0.399 e. The number of hydrogen-bond acceptors (Lipinski definition) is 8. The first-order valence-electron chi connectivity index (χ1n) is 27.1. The number of benzene rings is 6. The normalized spacial score (nSPS) is 24.5. The van der Waals surface area contributed by atoms with Gasteiger partial charge in [-0.05, 0) is 245 Å². The molecule has 0 aromatic heterocycles. The molecule has 0 N–H and O–H groups in total. The maximum atomic E-state index is 6.76. The van der Waals surface area contributed by atoms with Gasteiger partial charge in [0.05, 0.1) is 44.8 Å². The van der Waals surface area contributed by atoms with Gasteiger partial charge in [0.2, 0.25) is 0 Å². The molecule has 4 heterocycles. The first kappa shape index (κ1) is 49.4. The smallest absolute Gasteiger partial charge is 0.399 e. The van der Waals surface area contributed by atoms with Crippen LogP contribution < -0.4 is 21.9 Å². The van der Waals surface area contributed by atoms with E-state index in [1.165, 1.54) is 77.5 Å². The molecule has 0 bridgehead atoms. The zero-order valence-electron chi connectivity index (χ0n) is 47.5. The molecule has 0 atom stereocenters. The van der Waals surface area contributed by atoms with Gasteiger partial charge in [-0.2, -0.15) is 0 Å². The van der Waals surface area contributed by atoms with Crippen molar-refractivity contribution < 1.29 is 37.2 Å². The van der Waals surface area contributed by atoms with E-state index in [1.807, 2.05) is 0 Å². The van der Waals surface area contributed by atoms with Crippen LogP contribution in [0.1, 0.15) is 161 Å². The summed E-state index contributed by atoms with van der Waals surface area (Å²) in [5.74, 6) is 0. The molecule has 4 saturated heterocycles. The van der Waals surface area contributed by atoms with Gasteiger partial charge in [-0.25, -0.2) is 0 Å². The molecule has 12 heteroatoms. The van der Waals surface area contributed by atoms with Crippen LogP contribution in [0.25, 0.3) is 66.1 Å². The van der Waals surface area contributed by atoms with Crippen LogP contribution in [0.2, 0.25) is 0 Å². The molecule has 0 saturated carbocycles. The molecule has 0 amide bonds. The van der Waals surface area contributed by atoms with E-state index in [1.54, 1.807) is 0 Å². The average molecular weight is 988 g/mol. The van der Waals surface area contributed by atoms with Crippen molar-refractivity contribution in [3.05, 3.63) is 95.1 Å². The van der Waals surface area contributed by atoms with Crippen molar-refractivity contribution in [2.75, 3.05) is 0 Å². The van der Waals surface area contributed by atoms with Crippen LogP contribution in [-0.2, 0) is 48.1 Å². The van der Waals surface area contributed by atoms with Crippen LogP contribution in [0.15, 0.2) is 72.8 Å². The number of fused-ring (bicyclic) bond motifs is 8. The lowest BCUT2D eigenvalue weighted by Crippen LogP contribution is -2.41. The lowest BCUT2D eigenvalue weighted by Gasteiger charge is -2.44. The van der Waals surface area contributed by atoms with E-state index in [9.17, 15) is 0 Å². The summed E-state index contributed by atoms with van der Waals surface area (Å²) in [6.07, 6.45) is 0. The summed E-state index contributed by atoms with van der Waals surface area (Å²) in [6.45, 7) is 43.6. The molecule has 7 aliphatic rings. The quantitative estimate of drug-likeness (QED) is 0.162. The SMILES string of the molecule is CC1(C)c2cc3c(cc2C(C)(C)c2cc4c(cc21)-c1cc(B2OC(C)(C)C(C)(C)O2)cc2cc(B5OC(C)(C)C(C)(C)O5)cc-4c12)-c1cc(B2OC(C)(C)C(C)(C)O2)cc2cc(B4OC(C)(C)C(C)(C)O4)cc-3c12. The Labute approximate surface area is 440 Å². The van der Waals surface area contributed by atoms with E-state index in [-0.39, 0.29) is 10.8 Å². The van der Waals surface area contributed by atoms with Crippen molar-refractivity contribution in [2.45, 2.75) is 194 Å². The predicted molar refractivity (Wildman–Crippen MR) is 304 cm³/mol. The third kappa shape index (κ3) is 6.49. The van der Waals surface area contributed by atoms with Gasteiger partial charge in [-0.15, -0.1) is 0 Å². The summed E-state index contributed by atoms with van der Waals surface area (Å²) in [6, 6.07) is 28.5. The Morgan fingerprint density at radius 2 is 0.405 bits per heavy atom.